The van der Waals surface area contributed by atoms with Crippen molar-refractivity contribution in [2.24, 2.45) is 0 Å². The Hall–Kier alpha value is -2.73. The third kappa shape index (κ3) is 5.39. The van der Waals surface area contributed by atoms with Crippen LogP contribution >= 0.6 is 11.3 Å². The zero-order valence-electron chi connectivity index (χ0n) is 13.5. The highest BCUT2D eigenvalue weighted by molar-refractivity contribution is 7.13. The van der Waals surface area contributed by atoms with Gasteiger partial charge < -0.3 is 10.6 Å². The van der Waals surface area contributed by atoms with Gasteiger partial charge in [0.2, 0.25) is 5.91 Å². The first-order valence-electron chi connectivity index (χ1n) is 7.97. The van der Waals surface area contributed by atoms with Crippen LogP contribution < -0.4 is 10.6 Å². The molecule has 1 heterocycles. The third-order valence-corrected chi connectivity index (χ3v) is 4.37. The maximum atomic E-state index is 12.9. The molecule has 1 amide bonds. The molecule has 0 aliphatic rings. The van der Waals surface area contributed by atoms with Crippen molar-refractivity contribution in [3.05, 3.63) is 77.1 Å². The van der Waals surface area contributed by atoms with Gasteiger partial charge in [0.15, 0.2) is 5.13 Å². The lowest BCUT2D eigenvalue weighted by atomic mass is 10.1. The van der Waals surface area contributed by atoms with E-state index in [1.54, 1.807) is 12.1 Å². The molecule has 0 spiro atoms. The van der Waals surface area contributed by atoms with Crippen molar-refractivity contribution >= 4 is 28.1 Å². The SMILES string of the molecule is O=C(Cc1csc(Nc2ccc(F)cc2)n1)NCCc1ccccc1. The lowest BCUT2D eigenvalue weighted by Crippen LogP contribution is -2.27. The van der Waals surface area contributed by atoms with Gasteiger partial charge in [-0.2, -0.15) is 0 Å². The monoisotopic (exact) mass is 355 g/mol. The van der Waals surface area contributed by atoms with E-state index in [1.165, 1.54) is 29.0 Å². The van der Waals surface area contributed by atoms with Crippen LogP contribution in [0.15, 0.2) is 60.0 Å². The van der Waals surface area contributed by atoms with Crippen LogP contribution in [0.5, 0.6) is 0 Å². The van der Waals surface area contributed by atoms with Crippen LogP contribution in [0.4, 0.5) is 15.2 Å². The maximum Gasteiger partial charge on any atom is 0.226 e. The van der Waals surface area contributed by atoms with Crippen molar-refractivity contribution < 1.29 is 9.18 Å². The topological polar surface area (TPSA) is 54.0 Å². The number of thiazole rings is 1. The van der Waals surface area contributed by atoms with Crippen molar-refractivity contribution in [3.8, 4) is 0 Å². The number of halogens is 1. The first-order chi connectivity index (χ1) is 12.2. The summed E-state index contributed by atoms with van der Waals surface area (Å²) in [5.41, 5.74) is 2.67. The van der Waals surface area contributed by atoms with E-state index in [0.29, 0.717) is 17.4 Å². The number of benzene rings is 2. The van der Waals surface area contributed by atoms with Gasteiger partial charge in [-0.15, -0.1) is 11.3 Å². The average molecular weight is 355 g/mol. The van der Waals surface area contributed by atoms with E-state index in [2.05, 4.69) is 15.6 Å². The molecular formula is C19H18FN3OS. The molecule has 0 aliphatic heterocycles. The van der Waals surface area contributed by atoms with Crippen molar-refractivity contribution in [3.63, 3.8) is 0 Å². The van der Waals surface area contributed by atoms with Gasteiger partial charge in [0.05, 0.1) is 12.1 Å². The minimum Gasteiger partial charge on any atom is -0.355 e. The molecule has 0 aliphatic carbocycles. The number of nitrogens with zero attached hydrogens (tertiary/aromatic N) is 1. The van der Waals surface area contributed by atoms with Gasteiger partial charge in [-0.1, -0.05) is 30.3 Å². The van der Waals surface area contributed by atoms with Crippen LogP contribution in [-0.4, -0.2) is 17.4 Å². The van der Waals surface area contributed by atoms with Gasteiger partial charge in [0, 0.05) is 17.6 Å². The molecule has 6 heteroatoms. The lowest BCUT2D eigenvalue weighted by Gasteiger charge is -2.04. The number of carbonyl (C=O) groups excluding carboxylic acids is 1. The van der Waals surface area contributed by atoms with E-state index in [1.807, 2.05) is 35.7 Å². The van der Waals surface area contributed by atoms with Crippen LogP contribution in [0.2, 0.25) is 0 Å². The van der Waals surface area contributed by atoms with Crippen LogP contribution in [0.1, 0.15) is 11.3 Å². The molecule has 25 heavy (non-hydrogen) atoms. The van der Waals surface area contributed by atoms with Gasteiger partial charge in [-0.05, 0) is 36.2 Å². The number of carbonyl (C=O) groups is 1. The van der Waals surface area contributed by atoms with Crippen molar-refractivity contribution in [1.29, 1.82) is 0 Å². The fraction of sp³-hybridized carbons (Fsp3) is 0.158. The Kier molecular flexibility index (Phi) is 5.74. The smallest absolute Gasteiger partial charge is 0.226 e. The lowest BCUT2D eigenvalue weighted by molar-refractivity contribution is -0.120. The number of anilines is 2. The minimum absolute atomic E-state index is 0.0467. The highest BCUT2D eigenvalue weighted by Crippen LogP contribution is 2.21. The molecular weight excluding hydrogens is 337 g/mol. The summed E-state index contributed by atoms with van der Waals surface area (Å²) in [4.78, 5) is 16.4. The van der Waals surface area contributed by atoms with E-state index < -0.39 is 0 Å². The van der Waals surface area contributed by atoms with Crippen molar-refractivity contribution in [2.45, 2.75) is 12.8 Å². The highest BCUT2D eigenvalue weighted by atomic mass is 32.1. The number of rotatable bonds is 7. The molecule has 0 bridgehead atoms. The molecule has 128 valence electrons. The summed E-state index contributed by atoms with van der Waals surface area (Å²) in [5, 5.41) is 8.54. The van der Waals surface area contributed by atoms with Crippen LogP contribution in [0.3, 0.4) is 0 Å². The third-order valence-electron chi connectivity index (χ3n) is 3.57. The Morgan fingerprint density at radius 3 is 2.60 bits per heavy atom. The van der Waals surface area contributed by atoms with E-state index in [0.717, 1.165) is 12.1 Å². The summed E-state index contributed by atoms with van der Waals surface area (Å²) in [6, 6.07) is 16.1. The molecule has 0 atom stereocenters. The number of aromatic nitrogens is 1. The summed E-state index contributed by atoms with van der Waals surface area (Å²) in [5.74, 6) is -0.327. The maximum absolute atomic E-state index is 12.9. The molecule has 3 aromatic rings. The van der Waals surface area contributed by atoms with E-state index in [9.17, 15) is 9.18 Å². The molecule has 0 saturated carbocycles. The summed E-state index contributed by atoms with van der Waals surface area (Å²) in [6.45, 7) is 0.605. The fourth-order valence-corrected chi connectivity index (χ4v) is 3.05. The highest BCUT2D eigenvalue weighted by Gasteiger charge is 2.08. The zero-order valence-corrected chi connectivity index (χ0v) is 14.4. The molecule has 1 aromatic heterocycles. The number of nitrogens with one attached hydrogen (secondary N) is 2. The predicted molar refractivity (Wildman–Crippen MR) is 98.7 cm³/mol. The van der Waals surface area contributed by atoms with Crippen LogP contribution in [0, 0.1) is 5.82 Å². The second kappa shape index (κ2) is 8.39. The molecule has 2 aromatic carbocycles. The number of hydrogen-bond donors (Lipinski definition) is 2. The Morgan fingerprint density at radius 2 is 1.84 bits per heavy atom. The van der Waals surface area contributed by atoms with Crippen molar-refractivity contribution in [1.82, 2.24) is 10.3 Å². The summed E-state index contributed by atoms with van der Waals surface area (Å²) in [7, 11) is 0. The van der Waals surface area contributed by atoms with Gasteiger partial charge >= 0.3 is 0 Å². The second-order valence-corrected chi connectivity index (χ2v) is 6.40. The first kappa shape index (κ1) is 17.1. The van der Waals surface area contributed by atoms with Crippen LogP contribution in [0.25, 0.3) is 0 Å². The van der Waals surface area contributed by atoms with Gasteiger partial charge in [0.1, 0.15) is 5.82 Å². The number of hydrogen-bond acceptors (Lipinski definition) is 4. The van der Waals surface area contributed by atoms with Crippen molar-refractivity contribution in [2.75, 3.05) is 11.9 Å². The predicted octanol–water partition coefficient (Wildman–Crippen LogP) is 3.93. The molecule has 0 radical (unpaired) electrons. The quantitative estimate of drug-likeness (QED) is 0.675. The van der Waals surface area contributed by atoms with Gasteiger partial charge in [0.25, 0.3) is 0 Å². The van der Waals surface area contributed by atoms with E-state index in [-0.39, 0.29) is 18.1 Å². The minimum atomic E-state index is -0.280. The average Bonchev–Trinajstić information content (AvgIpc) is 3.05. The fourth-order valence-electron chi connectivity index (χ4n) is 2.32. The Bertz CT molecular complexity index is 818. The first-order valence-corrected chi connectivity index (χ1v) is 8.84. The molecule has 0 saturated heterocycles. The summed E-state index contributed by atoms with van der Waals surface area (Å²) >= 11 is 1.42. The molecule has 3 rings (SSSR count). The molecule has 0 unspecified atom stereocenters. The summed E-state index contributed by atoms with van der Waals surface area (Å²) < 4.78 is 12.9. The second-order valence-electron chi connectivity index (χ2n) is 5.54. The largest absolute Gasteiger partial charge is 0.355 e. The Balaban J connectivity index is 1.45. The van der Waals surface area contributed by atoms with Gasteiger partial charge in [-0.3, -0.25) is 4.79 Å². The molecule has 0 fully saturated rings. The summed E-state index contributed by atoms with van der Waals surface area (Å²) in [6.07, 6.45) is 1.05. The van der Waals surface area contributed by atoms with E-state index >= 15 is 0 Å². The Morgan fingerprint density at radius 1 is 1.08 bits per heavy atom. The zero-order chi connectivity index (χ0) is 17.5. The molecule has 2 N–H and O–H groups in total. The molecule has 4 nitrogen and oxygen atoms in total. The van der Waals surface area contributed by atoms with E-state index in [4.69, 9.17) is 0 Å². The normalized spacial score (nSPS) is 10.4. The van der Waals surface area contributed by atoms with Gasteiger partial charge in [-0.25, -0.2) is 9.37 Å². The Labute approximate surface area is 149 Å². The number of amides is 1. The van der Waals surface area contributed by atoms with Crippen LogP contribution in [-0.2, 0) is 17.6 Å². The standard InChI is InChI=1S/C19H18FN3OS/c20-15-6-8-16(9-7-15)22-19-23-17(13-25-19)12-18(24)21-11-10-14-4-2-1-3-5-14/h1-9,13H,10-12H2,(H,21,24)(H,22,23).